The molecule has 0 saturated heterocycles. The summed E-state index contributed by atoms with van der Waals surface area (Å²) in [6.07, 6.45) is 0. The van der Waals surface area contributed by atoms with Gasteiger partial charge in [-0.3, -0.25) is 0 Å². The number of halogens is 1. The Hall–Kier alpha value is -1.66. The first-order valence-corrected chi connectivity index (χ1v) is 4.88. The Labute approximate surface area is 95.1 Å². The van der Waals surface area contributed by atoms with Gasteiger partial charge < -0.3 is 10.2 Å². The monoisotopic (exact) mass is 241 g/mol. The molecule has 0 saturated carbocycles. The van der Waals surface area contributed by atoms with E-state index in [1.54, 1.807) is 0 Å². The minimum Gasteiger partial charge on any atom is -0.478 e. The van der Waals surface area contributed by atoms with Crippen molar-refractivity contribution in [3.63, 3.8) is 0 Å². The van der Waals surface area contributed by atoms with Gasteiger partial charge in [0.05, 0.1) is 29.3 Å². The van der Waals surface area contributed by atoms with Crippen molar-refractivity contribution in [3.05, 3.63) is 22.7 Å². The molecule has 1 aromatic carbocycles. The summed E-state index contributed by atoms with van der Waals surface area (Å²) in [6.45, 7) is 0.218. The molecule has 0 aliphatic heterocycles. The summed E-state index contributed by atoms with van der Waals surface area (Å²) >= 11 is 5.82. The standard InChI is InChI=1S/C9H8ClN3O3/c10-6-4-8-7(3-5(6)9(15)16)11-12-13(8)1-2-14/h3-4,14H,1-2H2,(H,15,16). The van der Waals surface area contributed by atoms with E-state index < -0.39 is 5.97 Å². The number of hydrogen-bond acceptors (Lipinski definition) is 4. The van der Waals surface area contributed by atoms with Gasteiger partial charge in [-0.1, -0.05) is 16.8 Å². The van der Waals surface area contributed by atoms with Crippen LogP contribution in [0.4, 0.5) is 0 Å². The fraction of sp³-hybridized carbons (Fsp3) is 0.222. The normalized spacial score (nSPS) is 10.9. The second kappa shape index (κ2) is 4.07. The highest BCUT2D eigenvalue weighted by Gasteiger charge is 2.13. The minimum atomic E-state index is -1.11. The number of nitrogens with zero attached hydrogens (tertiary/aromatic N) is 3. The van der Waals surface area contributed by atoms with Crippen molar-refractivity contribution in [3.8, 4) is 0 Å². The van der Waals surface area contributed by atoms with Crippen LogP contribution in [0.1, 0.15) is 10.4 Å². The average Bonchev–Trinajstić information content (AvgIpc) is 2.60. The zero-order chi connectivity index (χ0) is 11.7. The van der Waals surface area contributed by atoms with Crippen LogP contribution >= 0.6 is 11.6 Å². The van der Waals surface area contributed by atoms with Crippen molar-refractivity contribution in [2.75, 3.05) is 6.61 Å². The Kier molecular flexibility index (Phi) is 2.76. The largest absolute Gasteiger partial charge is 0.478 e. The molecule has 0 unspecified atom stereocenters. The lowest BCUT2D eigenvalue weighted by atomic mass is 10.2. The Morgan fingerprint density at radius 3 is 2.88 bits per heavy atom. The summed E-state index contributed by atoms with van der Waals surface area (Å²) in [6, 6.07) is 2.84. The van der Waals surface area contributed by atoms with Crippen LogP contribution < -0.4 is 0 Å². The third kappa shape index (κ3) is 1.72. The fourth-order valence-corrected chi connectivity index (χ4v) is 1.65. The van der Waals surface area contributed by atoms with Gasteiger partial charge in [0.1, 0.15) is 5.52 Å². The molecular formula is C9H8ClN3O3. The molecule has 0 aliphatic carbocycles. The van der Waals surface area contributed by atoms with E-state index in [0.29, 0.717) is 17.6 Å². The fourth-order valence-electron chi connectivity index (χ4n) is 1.41. The van der Waals surface area contributed by atoms with Gasteiger partial charge in [0.25, 0.3) is 0 Å². The third-order valence-corrected chi connectivity index (χ3v) is 2.46. The minimum absolute atomic E-state index is 0.00906. The summed E-state index contributed by atoms with van der Waals surface area (Å²) in [4.78, 5) is 10.8. The third-order valence-electron chi connectivity index (χ3n) is 2.14. The Morgan fingerprint density at radius 2 is 2.25 bits per heavy atom. The number of aromatic carboxylic acids is 1. The number of aromatic nitrogens is 3. The molecule has 2 aromatic rings. The molecule has 0 bridgehead atoms. The van der Waals surface area contributed by atoms with E-state index in [4.69, 9.17) is 21.8 Å². The molecule has 0 atom stereocenters. The molecule has 0 spiro atoms. The van der Waals surface area contributed by atoms with E-state index in [1.165, 1.54) is 16.8 Å². The van der Waals surface area contributed by atoms with E-state index in [2.05, 4.69) is 10.3 Å². The maximum atomic E-state index is 10.8. The highest BCUT2D eigenvalue weighted by Crippen LogP contribution is 2.22. The van der Waals surface area contributed by atoms with Gasteiger partial charge in [-0.05, 0) is 12.1 Å². The number of rotatable bonds is 3. The lowest BCUT2D eigenvalue weighted by Crippen LogP contribution is -2.04. The Balaban J connectivity index is 2.61. The van der Waals surface area contributed by atoms with E-state index in [-0.39, 0.29) is 17.2 Å². The highest BCUT2D eigenvalue weighted by molar-refractivity contribution is 6.34. The predicted molar refractivity (Wildman–Crippen MR) is 56.6 cm³/mol. The maximum Gasteiger partial charge on any atom is 0.337 e. The molecule has 16 heavy (non-hydrogen) atoms. The first kappa shape index (κ1) is 10.8. The van der Waals surface area contributed by atoms with Crippen molar-refractivity contribution in [2.24, 2.45) is 0 Å². The van der Waals surface area contributed by atoms with Crippen molar-refractivity contribution < 1.29 is 15.0 Å². The Morgan fingerprint density at radius 1 is 1.50 bits per heavy atom. The first-order chi connectivity index (χ1) is 7.63. The zero-order valence-corrected chi connectivity index (χ0v) is 8.85. The molecular weight excluding hydrogens is 234 g/mol. The molecule has 1 aromatic heterocycles. The lowest BCUT2D eigenvalue weighted by Gasteiger charge is -2.01. The predicted octanol–water partition coefficient (Wildman–Crippen LogP) is 0.775. The second-order valence-corrected chi connectivity index (χ2v) is 3.57. The molecule has 84 valence electrons. The van der Waals surface area contributed by atoms with Gasteiger partial charge >= 0.3 is 5.97 Å². The van der Waals surface area contributed by atoms with E-state index in [1.807, 2.05) is 0 Å². The molecule has 0 aliphatic rings. The van der Waals surface area contributed by atoms with Crippen LogP contribution in [0.25, 0.3) is 11.0 Å². The van der Waals surface area contributed by atoms with Crippen LogP contribution in [0, 0.1) is 0 Å². The van der Waals surface area contributed by atoms with Crippen LogP contribution in [-0.2, 0) is 6.54 Å². The van der Waals surface area contributed by atoms with Crippen molar-refractivity contribution in [1.82, 2.24) is 15.0 Å². The molecule has 6 nitrogen and oxygen atoms in total. The van der Waals surface area contributed by atoms with Crippen LogP contribution in [0.3, 0.4) is 0 Å². The van der Waals surface area contributed by atoms with Crippen molar-refractivity contribution >= 4 is 28.6 Å². The summed E-state index contributed by atoms with van der Waals surface area (Å²) in [5.74, 6) is -1.11. The van der Waals surface area contributed by atoms with Gasteiger partial charge in [0.2, 0.25) is 0 Å². The molecule has 0 radical (unpaired) electrons. The van der Waals surface area contributed by atoms with Gasteiger partial charge in [0, 0.05) is 0 Å². The van der Waals surface area contributed by atoms with Gasteiger partial charge in [0.15, 0.2) is 0 Å². The van der Waals surface area contributed by atoms with Crippen LogP contribution in [0.15, 0.2) is 12.1 Å². The van der Waals surface area contributed by atoms with Crippen LogP contribution in [0.5, 0.6) is 0 Å². The summed E-state index contributed by atoms with van der Waals surface area (Å²) < 4.78 is 1.47. The number of carboxylic acid groups (broad SMARTS) is 1. The molecule has 2 rings (SSSR count). The topological polar surface area (TPSA) is 88.2 Å². The first-order valence-electron chi connectivity index (χ1n) is 4.50. The maximum absolute atomic E-state index is 10.8. The van der Waals surface area contributed by atoms with Gasteiger partial charge in [-0.15, -0.1) is 5.10 Å². The Bertz CT molecular complexity index is 552. The summed E-state index contributed by atoms with van der Waals surface area (Å²) in [7, 11) is 0. The molecule has 1 heterocycles. The smallest absolute Gasteiger partial charge is 0.337 e. The number of aliphatic hydroxyl groups is 1. The highest BCUT2D eigenvalue weighted by atomic mass is 35.5. The molecule has 0 fully saturated rings. The van der Waals surface area contributed by atoms with Crippen LogP contribution in [-0.4, -0.2) is 37.8 Å². The molecule has 7 heteroatoms. The SMILES string of the molecule is O=C(O)c1cc2nnn(CCO)c2cc1Cl. The number of fused-ring (bicyclic) bond motifs is 1. The van der Waals surface area contributed by atoms with E-state index in [9.17, 15) is 4.79 Å². The number of aliphatic hydroxyl groups excluding tert-OH is 1. The summed E-state index contributed by atoms with van der Waals surface area (Å²) in [5.41, 5.74) is 1.03. The lowest BCUT2D eigenvalue weighted by molar-refractivity contribution is 0.0697. The van der Waals surface area contributed by atoms with Gasteiger partial charge in [-0.2, -0.15) is 0 Å². The molecule has 0 amide bonds. The zero-order valence-electron chi connectivity index (χ0n) is 8.09. The van der Waals surface area contributed by atoms with Crippen molar-refractivity contribution in [2.45, 2.75) is 6.54 Å². The molecule has 2 N–H and O–H groups in total. The van der Waals surface area contributed by atoms with E-state index >= 15 is 0 Å². The quantitative estimate of drug-likeness (QED) is 0.829. The number of carbonyl (C=O) groups is 1. The number of carboxylic acids is 1. The number of benzene rings is 1. The second-order valence-electron chi connectivity index (χ2n) is 3.16. The summed E-state index contributed by atoms with van der Waals surface area (Å²) in [5, 5.41) is 25.4. The van der Waals surface area contributed by atoms with Crippen molar-refractivity contribution in [1.29, 1.82) is 0 Å². The average molecular weight is 242 g/mol. The van der Waals surface area contributed by atoms with E-state index in [0.717, 1.165) is 0 Å². The van der Waals surface area contributed by atoms with Gasteiger partial charge in [-0.25, -0.2) is 9.48 Å². The van der Waals surface area contributed by atoms with Crippen LogP contribution in [0.2, 0.25) is 5.02 Å². The number of hydrogen-bond donors (Lipinski definition) is 2.